The first-order valence-electron chi connectivity index (χ1n) is 7.00. The first-order valence-corrected chi connectivity index (χ1v) is 8.49. The third kappa shape index (κ3) is 2.71. The van der Waals surface area contributed by atoms with E-state index in [0.29, 0.717) is 6.42 Å². The SMILES string of the molecule is CC[C@@]12CO[C@@H](C1OP(=O)(O)OC)[C@H](n1ccc(=O)[nH]c1=O)O2. The second-order valence-corrected chi connectivity index (χ2v) is 6.91. The number of nitrogens with zero attached hydrogens (tertiary/aromatic N) is 1. The van der Waals surface area contributed by atoms with Crippen molar-refractivity contribution in [1.82, 2.24) is 9.55 Å². The summed E-state index contributed by atoms with van der Waals surface area (Å²) in [6, 6.07) is 1.18. The summed E-state index contributed by atoms with van der Waals surface area (Å²) in [5.74, 6) is 0. The van der Waals surface area contributed by atoms with Gasteiger partial charge in [0.15, 0.2) is 6.23 Å². The van der Waals surface area contributed by atoms with E-state index in [2.05, 4.69) is 9.51 Å². The lowest BCUT2D eigenvalue weighted by molar-refractivity contribution is -0.175. The Balaban J connectivity index is 1.96. The van der Waals surface area contributed by atoms with Crippen molar-refractivity contribution in [1.29, 1.82) is 0 Å². The van der Waals surface area contributed by atoms with Gasteiger partial charge in [0.1, 0.15) is 17.8 Å². The fourth-order valence-corrected chi connectivity index (χ4v) is 3.60. The molecule has 23 heavy (non-hydrogen) atoms. The summed E-state index contributed by atoms with van der Waals surface area (Å²) in [5.41, 5.74) is -2.17. The molecule has 2 bridgehead atoms. The molecule has 0 spiro atoms. The van der Waals surface area contributed by atoms with Gasteiger partial charge in [0.05, 0.1) is 6.61 Å². The van der Waals surface area contributed by atoms with Gasteiger partial charge in [-0.2, -0.15) is 0 Å². The number of phosphoric acid groups is 1. The third-order valence-corrected chi connectivity index (χ3v) is 5.13. The van der Waals surface area contributed by atoms with Gasteiger partial charge in [0, 0.05) is 19.4 Å². The zero-order chi connectivity index (χ0) is 16.8. The van der Waals surface area contributed by atoms with Gasteiger partial charge < -0.3 is 14.4 Å². The largest absolute Gasteiger partial charge is 0.472 e. The van der Waals surface area contributed by atoms with E-state index in [1.807, 2.05) is 6.92 Å². The van der Waals surface area contributed by atoms with E-state index in [-0.39, 0.29) is 6.61 Å². The molecular formula is C12H17N2O8P. The molecule has 2 N–H and O–H groups in total. The van der Waals surface area contributed by atoms with Crippen LogP contribution >= 0.6 is 7.82 Å². The number of aromatic nitrogens is 2. The molecule has 128 valence electrons. The molecule has 2 saturated heterocycles. The predicted octanol–water partition coefficient (Wildman–Crippen LogP) is -0.255. The molecule has 3 heterocycles. The van der Waals surface area contributed by atoms with Gasteiger partial charge in [0.25, 0.3) is 5.56 Å². The maximum absolute atomic E-state index is 11.9. The van der Waals surface area contributed by atoms with Crippen LogP contribution in [0.4, 0.5) is 0 Å². The van der Waals surface area contributed by atoms with Crippen molar-refractivity contribution in [2.45, 2.75) is 37.4 Å². The van der Waals surface area contributed by atoms with Crippen molar-refractivity contribution >= 4 is 7.82 Å². The summed E-state index contributed by atoms with van der Waals surface area (Å²) >= 11 is 0. The Morgan fingerprint density at radius 2 is 2.30 bits per heavy atom. The van der Waals surface area contributed by atoms with Crippen molar-refractivity contribution in [2.24, 2.45) is 0 Å². The Labute approximate surface area is 130 Å². The summed E-state index contributed by atoms with van der Waals surface area (Å²) in [7, 11) is -3.20. The van der Waals surface area contributed by atoms with E-state index in [1.54, 1.807) is 0 Å². The summed E-state index contributed by atoms with van der Waals surface area (Å²) in [4.78, 5) is 34.8. The Bertz CT molecular complexity index is 760. The molecule has 11 heteroatoms. The van der Waals surface area contributed by atoms with Crippen LogP contribution in [0, 0.1) is 0 Å². The molecule has 2 unspecified atom stereocenters. The highest BCUT2D eigenvalue weighted by Crippen LogP contribution is 2.54. The number of phosphoric ester groups is 1. The zero-order valence-electron chi connectivity index (χ0n) is 12.5. The van der Waals surface area contributed by atoms with Crippen LogP contribution in [-0.2, 0) is 23.1 Å². The molecule has 1 aromatic rings. The highest BCUT2D eigenvalue weighted by atomic mass is 31.2. The van der Waals surface area contributed by atoms with Gasteiger partial charge in [-0.15, -0.1) is 0 Å². The van der Waals surface area contributed by atoms with Crippen LogP contribution in [0.25, 0.3) is 0 Å². The van der Waals surface area contributed by atoms with E-state index in [9.17, 15) is 19.0 Å². The van der Waals surface area contributed by atoms with Gasteiger partial charge in [-0.1, -0.05) is 6.92 Å². The van der Waals surface area contributed by atoms with E-state index in [1.165, 1.54) is 12.3 Å². The number of nitrogens with one attached hydrogen (secondary N) is 1. The molecule has 0 aliphatic carbocycles. The van der Waals surface area contributed by atoms with Crippen LogP contribution in [-0.4, -0.2) is 46.0 Å². The second kappa shape index (κ2) is 5.66. The van der Waals surface area contributed by atoms with E-state index in [4.69, 9.17) is 14.0 Å². The minimum absolute atomic E-state index is 0.164. The number of aromatic amines is 1. The van der Waals surface area contributed by atoms with Crippen LogP contribution in [0.3, 0.4) is 0 Å². The highest BCUT2D eigenvalue weighted by molar-refractivity contribution is 7.47. The molecule has 2 aliphatic rings. The Morgan fingerprint density at radius 1 is 1.57 bits per heavy atom. The minimum atomic E-state index is -4.26. The average molecular weight is 348 g/mol. The molecular weight excluding hydrogens is 331 g/mol. The van der Waals surface area contributed by atoms with Gasteiger partial charge in [0.2, 0.25) is 0 Å². The van der Waals surface area contributed by atoms with Crippen LogP contribution in [0.15, 0.2) is 21.9 Å². The number of rotatable bonds is 5. The molecule has 2 fully saturated rings. The number of hydrogen-bond acceptors (Lipinski definition) is 7. The fourth-order valence-electron chi connectivity index (χ4n) is 2.92. The minimum Gasteiger partial charge on any atom is -0.368 e. The first-order chi connectivity index (χ1) is 10.8. The number of hydrogen-bond donors (Lipinski definition) is 2. The van der Waals surface area contributed by atoms with Crippen molar-refractivity contribution in [3.8, 4) is 0 Å². The van der Waals surface area contributed by atoms with Gasteiger partial charge in [-0.25, -0.2) is 9.36 Å². The lowest BCUT2D eigenvalue weighted by atomic mass is 9.96. The van der Waals surface area contributed by atoms with Gasteiger partial charge in [-0.3, -0.25) is 23.4 Å². The van der Waals surface area contributed by atoms with Crippen LogP contribution in [0.2, 0.25) is 0 Å². The normalized spacial score (nSPS) is 35.3. The van der Waals surface area contributed by atoms with Crippen LogP contribution in [0.5, 0.6) is 0 Å². The Hall–Kier alpha value is -1.29. The lowest BCUT2D eigenvalue weighted by Gasteiger charge is -2.30. The Morgan fingerprint density at radius 3 is 2.91 bits per heavy atom. The fraction of sp³-hybridized carbons (Fsp3) is 0.667. The Kier molecular flexibility index (Phi) is 4.07. The van der Waals surface area contributed by atoms with E-state index < -0.39 is 43.1 Å². The first kappa shape index (κ1) is 16.6. The lowest BCUT2D eigenvalue weighted by Crippen LogP contribution is -2.41. The van der Waals surface area contributed by atoms with Gasteiger partial charge >= 0.3 is 13.5 Å². The van der Waals surface area contributed by atoms with Gasteiger partial charge in [-0.05, 0) is 6.42 Å². The molecule has 3 rings (SSSR count). The second-order valence-electron chi connectivity index (χ2n) is 5.40. The topological polar surface area (TPSA) is 129 Å². The summed E-state index contributed by atoms with van der Waals surface area (Å²) < 4.78 is 34.1. The standard InChI is InChI=1S/C12H17N2O8P/c1-3-12-6-20-8(9(12)22-23(17,18)19-2)10(21-12)14-5-4-7(15)13-11(14)16/h4-5,8-10H,3,6H2,1-2H3,(H,17,18)(H,13,15,16)/t8-,9?,10+,12+/m0/s1. The molecule has 0 radical (unpaired) electrons. The van der Waals surface area contributed by atoms with E-state index in [0.717, 1.165) is 11.7 Å². The molecule has 5 atom stereocenters. The smallest absolute Gasteiger partial charge is 0.368 e. The van der Waals surface area contributed by atoms with Crippen molar-refractivity contribution < 1.29 is 28.0 Å². The van der Waals surface area contributed by atoms with Crippen molar-refractivity contribution in [3.05, 3.63) is 33.1 Å². The molecule has 10 nitrogen and oxygen atoms in total. The third-order valence-electron chi connectivity index (χ3n) is 4.17. The average Bonchev–Trinajstić information content (AvgIpc) is 2.99. The maximum Gasteiger partial charge on any atom is 0.472 e. The van der Waals surface area contributed by atoms with Crippen LogP contribution < -0.4 is 11.2 Å². The number of ether oxygens (including phenoxy) is 2. The summed E-state index contributed by atoms with van der Waals surface area (Å²) in [6.45, 7) is 1.98. The van der Waals surface area contributed by atoms with Crippen molar-refractivity contribution in [3.63, 3.8) is 0 Å². The monoisotopic (exact) mass is 348 g/mol. The highest BCUT2D eigenvalue weighted by Gasteiger charge is 2.63. The molecule has 2 aliphatic heterocycles. The zero-order valence-corrected chi connectivity index (χ0v) is 13.4. The molecule has 1 aromatic heterocycles. The van der Waals surface area contributed by atoms with Crippen LogP contribution in [0.1, 0.15) is 19.6 Å². The molecule has 0 aromatic carbocycles. The van der Waals surface area contributed by atoms with E-state index >= 15 is 0 Å². The maximum atomic E-state index is 11.9. The summed E-state index contributed by atoms with van der Waals surface area (Å²) in [5, 5.41) is 0. The summed E-state index contributed by atoms with van der Waals surface area (Å²) in [6.07, 6.45) is -0.825. The van der Waals surface area contributed by atoms with Crippen molar-refractivity contribution in [2.75, 3.05) is 13.7 Å². The molecule has 0 amide bonds. The quantitative estimate of drug-likeness (QED) is 0.697. The predicted molar refractivity (Wildman–Crippen MR) is 75.9 cm³/mol. The number of H-pyrrole nitrogens is 1. The molecule has 0 saturated carbocycles. The number of fused-ring (bicyclic) bond motifs is 2.